The molecule has 1 aromatic carbocycles. The van der Waals surface area contributed by atoms with Gasteiger partial charge in [-0.1, -0.05) is 12.1 Å². The zero-order valence-electron chi connectivity index (χ0n) is 10.7. The normalized spacial score (nSPS) is 12.7. The lowest BCUT2D eigenvalue weighted by Crippen LogP contribution is -2.06. The van der Waals surface area contributed by atoms with Crippen LogP contribution in [0.15, 0.2) is 47.1 Å². The summed E-state index contributed by atoms with van der Waals surface area (Å²) in [6.07, 6.45) is 1.70. The molecular weight excluding hydrogens is 228 g/mol. The van der Waals surface area contributed by atoms with Gasteiger partial charge in [-0.05, 0) is 43.7 Å². The summed E-state index contributed by atoms with van der Waals surface area (Å²) in [5.41, 5.74) is 0.863. The van der Waals surface area contributed by atoms with Crippen molar-refractivity contribution in [1.82, 2.24) is 0 Å². The molecule has 0 aliphatic rings. The zero-order chi connectivity index (χ0) is 13.0. The third kappa shape index (κ3) is 3.37. The Labute approximate surface area is 107 Å². The van der Waals surface area contributed by atoms with E-state index in [9.17, 15) is 5.11 Å². The molecule has 2 rings (SSSR count). The largest absolute Gasteiger partial charge is 0.491 e. The Kier molecular flexibility index (Phi) is 4.05. The van der Waals surface area contributed by atoms with Crippen LogP contribution in [0.1, 0.15) is 31.3 Å². The van der Waals surface area contributed by atoms with Crippen LogP contribution < -0.4 is 4.74 Å². The molecule has 0 spiro atoms. The molecule has 2 aromatic rings. The topological polar surface area (TPSA) is 42.6 Å². The lowest BCUT2D eigenvalue weighted by atomic mass is 10.1. The van der Waals surface area contributed by atoms with E-state index in [0.29, 0.717) is 6.42 Å². The fraction of sp³-hybridized carbons (Fsp3) is 0.333. The number of aliphatic hydroxyl groups is 1. The Morgan fingerprint density at radius 2 is 1.89 bits per heavy atom. The molecule has 3 heteroatoms. The molecule has 1 unspecified atom stereocenters. The lowest BCUT2D eigenvalue weighted by molar-refractivity contribution is 0.170. The standard InChI is InChI=1S/C15H18O3/c1-11(2)18-13-7-5-12(6-8-13)15(16)10-14-4-3-9-17-14/h3-9,11,15-16H,10H2,1-2H3. The first-order valence-electron chi connectivity index (χ1n) is 6.12. The van der Waals surface area contributed by atoms with E-state index in [2.05, 4.69) is 0 Å². The van der Waals surface area contributed by atoms with Gasteiger partial charge in [-0.3, -0.25) is 0 Å². The number of hydrogen-bond acceptors (Lipinski definition) is 3. The maximum Gasteiger partial charge on any atom is 0.119 e. The second-order valence-electron chi connectivity index (χ2n) is 4.53. The van der Waals surface area contributed by atoms with E-state index in [1.54, 1.807) is 6.26 Å². The molecule has 0 saturated carbocycles. The van der Waals surface area contributed by atoms with Crippen LogP contribution in [0.2, 0.25) is 0 Å². The highest BCUT2D eigenvalue weighted by atomic mass is 16.5. The van der Waals surface area contributed by atoms with Gasteiger partial charge in [0, 0.05) is 6.42 Å². The van der Waals surface area contributed by atoms with Gasteiger partial charge in [-0.15, -0.1) is 0 Å². The summed E-state index contributed by atoms with van der Waals surface area (Å²) in [5.74, 6) is 1.60. The minimum absolute atomic E-state index is 0.156. The van der Waals surface area contributed by atoms with Crippen molar-refractivity contribution in [3.63, 3.8) is 0 Å². The molecule has 1 N–H and O–H groups in total. The molecule has 0 bridgehead atoms. The Morgan fingerprint density at radius 3 is 2.44 bits per heavy atom. The van der Waals surface area contributed by atoms with E-state index in [0.717, 1.165) is 17.1 Å². The van der Waals surface area contributed by atoms with Crippen LogP contribution >= 0.6 is 0 Å². The fourth-order valence-corrected chi connectivity index (χ4v) is 1.78. The SMILES string of the molecule is CC(C)Oc1ccc(C(O)Cc2ccco2)cc1. The van der Waals surface area contributed by atoms with Gasteiger partial charge in [0.25, 0.3) is 0 Å². The first kappa shape index (κ1) is 12.7. The summed E-state index contributed by atoms with van der Waals surface area (Å²) in [5, 5.41) is 10.1. The number of hydrogen-bond donors (Lipinski definition) is 1. The maximum absolute atomic E-state index is 10.1. The lowest BCUT2D eigenvalue weighted by Gasteiger charge is -2.12. The average Bonchev–Trinajstić information content (AvgIpc) is 2.82. The van der Waals surface area contributed by atoms with E-state index >= 15 is 0 Å². The monoisotopic (exact) mass is 246 g/mol. The van der Waals surface area contributed by atoms with E-state index in [-0.39, 0.29) is 6.10 Å². The van der Waals surface area contributed by atoms with Gasteiger partial charge in [0.15, 0.2) is 0 Å². The van der Waals surface area contributed by atoms with E-state index in [1.807, 2.05) is 50.2 Å². The molecule has 0 radical (unpaired) electrons. The summed E-state index contributed by atoms with van der Waals surface area (Å²) in [7, 11) is 0. The van der Waals surface area contributed by atoms with Gasteiger partial charge in [0.1, 0.15) is 11.5 Å². The molecule has 1 heterocycles. The number of rotatable bonds is 5. The second-order valence-corrected chi connectivity index (χ2v) is 4.53. The second kappa shape index (κ2) is 5.74. The van der Waals surface area contributed by atoms with Gasteiger partial charge in [0.05, 0.1) is 18.5 Å². The highest BCUT2D eigenvalue weighted by Gasteiger charge is 2.10. The van der Waals surface area contributed by atoms with Crippen LogP contribution in [0, 0.1) is 0 Å². The molecule has 0 aliphatic heterocycles. The van der Waals surface area contributed by atoms with Crippen LogP contribution in [-0.2, 0) is 6.42 Å². The van der Waals surface area contributed by atoms with Gasteiger partial charge in [-0.25, -0.2) is 0 Å². The summed E-state index contributed by atoms with van der Waals surface area (Å²) in [6, 6.07) is 11.2. The quantitative estimate of drug-likeness (QED) is 0.879. The predicted molar refractivity (Wildman–Crippen MR) is 69.6 cm³/mol. The molecule has 3 nitrogen and oxygen atoms in total. The third-order valence-corrected chi connectivity index (χ3v) is 2.61. The number of ether oxygens (including phenoxy) is 1. The van der Waals surface area contributed by atoms with Gasteiger partial charge in [0.2, 0.25) is 0 Å². The highest BCUT2D eigenvalue weighted by Crippen LogP contribution is 2.21. The van der Waals surface area contributed by atoms with Crippen molar-refractivity contribution in [3.8, 4) is 5.75 Å². The molecule has 1 aromatic heterocycles. The Bertz CT molecular complexity index is 457. The molecule has 18 heavy (non-hydrogen) atoms. The zero-order valence-corrected chi connectivity index (χ0v) is 10.7. The van der Waals surface area contributed by atoms with Crippen LogP contribution in [0.3, 0.4) is 0 Å². The van der Waals surface area contributed by atoms with Crippen LogP contribution in [-0.4, -0.2) is 11.2 Å². The minimum atomic E-state index is -0.552. The van der Waals surface area contributed by atoms with Crippen molar-refractivity contribution < 1.29 is 14.3 Å². The molecule has 0 aliphatic carbocycles. The first-order chi connectivity index (χ1) is 8.65. The number of furan rings is 1. The summed E-state index contributed by atoms with van der Waals surface area (Å²) in [6.45, 7) is 3.97. The van der Waals surface area contributed by atoms with Crippen molar-refractivity contribution in [1.29, 1.82) is 0 Å². The first-order valence-corrected chi connectivity index (χ1v) is 6.12. The maximum atomic E-state index is 10.1. The van der Waals surface area contributed by atoms with E-state index in [1.165, 1.54) is 0 Å². The number of benzene rings is 1. The van der Waals surface area contributed by atoms with E-state index < -0.39 is 6.10 Å². The molecular formula is C15H18O3. The Hall–Kier alpha value is -1.74. The van der Waals surface area contributed by atoms with Crippen LogP contribution in [0.4, 0.5) is 0 Å². The Balaban J connectivity index is 2.00. The summed E-state index contributed by atoms with van der Waals surface area (Å²) >= 11 is 0. The molecule has 1 atom stereocenters. The molecule has 96 valence electrons. The van der Waals surface area contributed by atoms with Gasteiger partial charge >= 0.3 is 0 Å². The van der Waals surface area contributed by atoms with Crippen molar-refractivity contribution in [2.75, 3.05) is 0 Å². The average molecular weight is 246 g/mol. The van der Waals surface area contributed by atoms with Crippen molar-refractivity contribution in [2.24, 2.45) is 0 Å². The smallest absolute Gasteiger partial charge is 0.119 e. The predicted octanol–water partition coefficient (Wildman–Crippen LogP) is 3.34. The van der Waals surface area contributed by atoms with Crippen molar-refractivity contribution in [3.05, 3.63) is 54.0 Å². The minimum Gasteiger partial charge on any atom is -0.491 e. The van der Waals surface area contributed by atoms with Crippen LogP contribution in [0.5, 0.6) is 5.75 Å². The van der Waals surface area contributed by atoms with Gasteiger partial charge in [-0.2, -0.15) is 0 Å². The van der Waals surface area contributed by atoms with Gasteiger partial charge < -0.3 is 14.3 Å². The number of aliphatic hydroxyl groups excluding tert-OH is 1. The summed E-state index contributed by atoms with van der Waals surface area (Å²) < 4.78 is 10.8. The van der Waals surface area contributed by atoms with E-state index in [4.69, 9.17) is 9.15 Å². The molecule has 0 saturated heterocycles. The fourth-order valence-electron chi connectivity index (χ4n) is 1.78. The van der Waals surface area contributed by atoms with Crippen molar-refractivity contribution in [2.45, 2.75) is 32.5 Å². The molecule has 0 amide bonds. The third-order valence-electron chi connectivity index (χ3n) is 2.61. The van der Waals surface area contributed by atoms with Crippen LogP contribution in [0.25, 0.3) is 0 Å². The molecule has 0 fully saturated rings. The van der Waals surface area contributed by atoms with Crippen molar-refractivity contribution >= 4 is 0 Å². The Morgan fingerprint density at radius 1 is 1.17 bits per heavy atom. The highest BCUT2D eigenvalue weighted by molar-refractivity contribution is 5.29. The summed E-state index contributed by atoms with van der Waals surface area (Å²) in [4.78, 5) is 0.